The Hall–Kier alpha value is -2.33. The SMILES string of the molecule is CCCOc1ccccc1NC(=O)c1ccccc1CN. The van der Waals surface area contributed by atoms with Crippen molar-refractivity contribution in [2.45, 2.75) is 19.9 Å². The fraction of sp³-hybridized carbons (Fsp3) is 0.235. The van der Waals surface area contributed by atoms with Gasteiger partial charge in [-0.25, -0.2) is 0 Å². The van der Waals surface area contributed by atoms with Gasteiger partial charge in [0.25, 0.3) is 5.91 Å². The second kappa shape index (κ2) is 7.45. The Labute approximate surface area is 124 Å². The van der Waals surface area contributed by atoms with Gasteiger partial charge in [0.2, 0.25) is 0 Å². The first-order valence-electron chi connectivity index (χ1n) is 7.07. The van der Waals surface area contributed by atoms with E-state index in [-0.39, 0.29) is 5.91 Å². The molecule has 2 aromatic rings. The maximum Gasteiger partial charge on any atom is 0.256 e. The van der Waals surface area contributed by atoms with E-state index in [9.17, 15) is 4.79 Å². The highest BCUT2D eigenvalue weighted by Gasteiger charge is 2.12. The van der Waals surface area contributed by atoms with Crippen LogP contribution in [0.15, 0.2) is 48.5 Å². The highest BCUT2D eigenvalue weighted by molar-refractivity contribution is 6.06. The second-order valence-corrected chi connectivity index (χ2v) is 4.66. The number of rotatable bonds is 6. The van der Waals surface area contributed by atoms with Gasteiger partial charge < -0.3 is 15.8 Å². The molecule has 0 spiro atoms. The molecule has 0 fully saturated rings. The number of amides is 1. The molecule has 2 aromatic carbocycles. The number of benzene rings is 2. The van der Waals surface area contributed by atoms with Gasteiger partial charge in [-0.3, -0.25) is 4.79 Å². The van der Waals surface area contributed by atoms with Crippen molar-refractivity contribution in [2.75, 3.05) is 11.9 Å². The minimum atomic E-state index is -0.177. The van der Waals surface area contributed by atoms with Crippen LogP contribution in [-0.2, 0) is 6.54 Å². The number of para-hydroxylation sites is 2. The van der Waals surface area contributed by atoms with Gasteiger partial charge in [0.15, 0.2) is 0 Å². The lowest BCUT2D eigenvalue weighted by Crippen LogP contribution is -2.16. The Morgan fingerprint density at radius 1 is 1.14 bits per heavy atom. The van der Waals surface area contributed by atoms with E-state index in [1.54, 1.807) is 6.07 Å². The summed E-state index contributed by atoms with van der Waals surface area (Å²) >= 11 is 0. The molecule has 0 atom stereocenters. The van der Waals surface area contributed by atoms with Gasteiger partial charge in [-0.2, -0.15) is 0 Å². The lowest BCUT2D eigenvalue weighted by atomic mass is 10.1. The van der Waals surface area contributed by atoms with Gasteiger partial charge in [0, 0.05) is 12.1 Å². The third-order valence-corrected chi connectivity index (χ3v) is 3.08. The van der Waals surface area contributed by atoms with Gasteiger partial charge in [-0.15, -0.1) is 0 Å². The molecular weight excluding hydrogens is 264 g/mol. The lowest BCUT2D eigenvalue weighted by Gasteiger charge is -2.13. The van der Waals surface area contributed by atoms with Crippen molar-refractivity contribution in [3.05, 3.63) is 59.7 Å². The number of carbonyl (C=O) groups excluding carboxylic acids is 1. The molecule has 4 nitrogen and oxygen atoms in total. The minimum absolute atomic E-state index is 0.177. The quantitative estimate of drug-likeness (QED) is 0.856. The average Bonchev–Trinajstić information content (AvgIpc) is 2.54. The summed E-state index contributed by atoms with van der Waals surface area (Å²) < 4.78 is 5.64. The Balaban J connectivity index is 2.19. The standard InChI is InChI=1S/C17H20N2O2/c1-2-11-21-16-10-6-5-9-15(16)19-17(20)14-8-4-3-7-13(14)12-18/h3-10H,2,11-12,18H2,1H3,(H,19,20). The van der Waals surface area contributed by atoms with E-state index in [1.807, 2.05) is 49.4 Å². The summed E-state index contributed by atoms with van der Waals surface area (Å²) in [7, 11) is 0. The van der Waals surface area contributed by atoms with Gasteiger partial charge in [0.05, 0.1) is 12.3 Å². The first-order valence-corrected chi connectivity index (χ1v) is 7.07. The van der Waals surface area contributed by atoms with E-state index in [0.717, 1.165) is 12.0 Å². The third kappa shape index (κ3) is 3.83. The topological polar surface area (TPSA) is 64.3 Å². The van der Waals surface area contributed by atoms with Crippen LogP contribution in [0.3, 0.4) is 0 Å². The van der Waals surface area contributed by atoms with E-state index in [0.29, 0.717) is 30.2 Å². The van der Waals surface area contributed by atoms with Crippen LogP contribution in [0.1, 0.15) is 29.3 Å². The molecule has 0 aromatic heterocycles. The lowest BCUT2D eigenvalue weighted by molar-refractivity contribution is 0.102. The summed E-state index contributed by atoms with van der Waals surface area (Å²) in [6.45, 7) is 2.99. The minimum Gasteiger partial charge on any atom is -0.491 e. The largest absolute Gasteiger partial charge is 0.491 e. The number of nitrogens with two attached hydrogens (primary N) is 1. The molecule has 0 aliphatic heterocycles. The van der Waals surface area contributed by atoms with Gasteiger partial charge >= 0.3 is 0 Å². The molecule has 1 amide bonds. The predicted molar refractivity (Wildman–Crippen MR) is 84.5 cm³/mol. The van der Waals surface area contributed by atoms with Crippen molar-refractivity contribution < 1.29 is 9.53 Å². The van der Waals surface area contributed by atoms with Crippen LogP contribution < -0.4 is 15.8 Å². The van der Waals surface area contributed by atoms with Crippen molar-refractivity contribution in [3.8, 4) is 5.75 Å². The fourth-order valence-corrected chi connectivity index (χ4v) is 2.02. The summed E-state index contributed by atoms with van der Waals surface area (Å²) in [5.41, 5.74) is 7.75. The zero-order chi connectivity index (χ0) is 15.1. The van der Waals surface area contributed by atoms with Crippen molar-refractivity contribution in [1.29, 1.82) is 0 Å². The van der Waals surface area contributed by atoms with Crippen LogP contribution in [0.25, 0.3) is 0 Å². The zero-order valence-electron chi connectivity index (χ0n) is 12.1. The highest BCUT2D eigenvalue weighted by atomic mass is 16.5. The van der Waals surface area contributed by atoms with Gasteiger partial charge in [-0.05, 0) is 30.2 Å². The average molecular weight is 284 g/mol. The Bertz CT molecular complexity index is 611. The molecule has 3 N–H and O–H groups in total. The van der Waals surface area contributed by atoms with Crippen LogP contribution in [-0.4, -0.2) is 12.5 Å². The van der Waals surface area contributed by atoms with Crippen LogP contribution in [0.4, 0.5) is 5.69 Å². The highest BCUT2D eigenvalue weighted by Crippen LogP contribution is 2.24. The number of nitrogens with one attached hydrogen (secondary N) is 1. The molecule has 0 heterocycles. The summed E-state index contributed by atoms with van der Waals surface area (Å²) in [4.78, 5) is 12.4. The Morgan fingerprint density at radius 2 is 1.86 bits per heavy atom. The predicted octanol–water partition coefficient (Wildman–Crippen LogP) is 3.19. The molecule has 0 unspecified atom stereocenters. The fourth-order valence-electron chi connectivity index (χ4n) is 2.02. The van der Waals surface area contributed by atoms with E-state index >= 15 is 0 Å². The van der Waals surface area contributed by atoms with E-state index in [4.69, 9.17) is 10.5 Å². The molecule has 2 rings (SSSR count). The molecule has 0 saturated heterocycles. The smallest absolute Gasteiger partial charge is 0.256 e. The molecule has 21 heavy (non-hydrogen) atoms. The Morgan fingerprint density at radius 3 is 2.62 bits per heavy atom. The third-order valence-electron chi connectivity index (χ3n) is 3.08. The van der Waals surface area contributed by atoms with Gasteiger partial charge in [0.1, 0.15) is 5.75 Å². The molecule has 4 heteroatoms. The molecule has 110 valence electrons. The summed E-state index contributed by atoms with van der Waals surface area (Å²) in [5.74, 6) is 0.501. The van der Waals surface area contributed by atoms with Crippen molar-refractivity contribution in [3.63, 3.8) is 0 Å². The zero-order valence-corrected chi connectivity index (χ0v) is 12.1. The monoisotopic (exact) mass is 284 g/mol. The van der Waals surface area contributed by atoms with Crippen molar-refractivity contribution in [2.24, 2.45) is 5.73 Å². The van der Waals surface area contributed by atoms with E-state index < -0.39 is 0 Å². The van der Waals surface area contributed by atoms with Crippen molar-refractivity contribution in [1.82, 2.24) is 0 Å². The maximum absolute atomic E-state index is 12.4. The number of ether oxygens (including phenoxy) is 1. The van der Waals surface area contributed by atoms with E-state index in [2.05, 4.69) is 5.32 Å². The molecule has 0 aliphatic carbocycles. The number of carbonyl (C=O) groups is 1. The normalized spacial score (nSPS) is 10.2. The van der Waals surface area contributed by atoms with Crippen LogP contribution in [0.2, 0.25) is 0 Å². The van der Waals surface area contributed by atoms with Crippen LogP contribution >= 0.6 is 0 Å². The first-order chi connectivity index (χ1) is 10.3. The molecular formula is C17H20N2O2. The number of hydrogen-bond donors (Lipinski definition) is 2. The molecule has 0 saturated carbocycles. The van der Waals surface area contributed by atoms with Crippen LogP contribution in [0, 0.1) is 0 Å². The molecule has 0 radical (unpaired) electrons. The second-order valence-electron chi connectivity index (χ2n) is 4.66. The number of anilines is 1. The summed E-state index contributed by atoms with van der Waals surface area (Å²) in [6.07, 6.45) is 0.915. The first kappa shape index (κ1) is 15.1. The maximum atomic E-state index is 12.4. The Kier molecular flexibility index (Phi) is 5.35. The van der Waals surface area contributed by atoms with Crippen LogP contribution in [0.5, 0.6) is 5.75 Å². The number of hydrogen-bond acceptors (Lipinski definition) is 3. The summed E-state index contributed by atoms with van der Waals surface area (Å²) in [6, 6.07) is 14.7. The van der Waals surface area contributed by atoms with Gasteiger partial charge in [-0.1, -0.05) is 37.3 Å². The van der Waals surface area contributed by atoms with Crippen molar-refractivity contribution >= 4 is 11.6 Å². The molecule has 0 bridgehead atoms. The summed E-state index contributed by atoms with van der Waals surface area (Å²) in [5, 5.41) is 2.89. The van der Waals surface area contributed by atoms with E-state index in [1.165, 1.54) is 0 Å². The molecule has 0 aliphatic rings.